The van der Waals surface area contributed by atoms with Crippen LogP contribution < -0.4 is 4.90 Å². The molecule has 7 nitrogen and oxygen atoms in total. The lowest BCUT2D eigenvalue weighted by Crippen LogP contribution is -2.34. The molecule has 33 heavy (non-hydrogen) atoms. The summed E-state index contributed by atoms with van der Waals surface area (Å²) in [6, 6.07) is 19.5. The van der Waals surface area contributed by atoms with E-state index in [2.05, 4.69) is 20.3 Å². The first-order chi connectivity index (χ1) is 16.1. The van der Waals surface area contributed by atoms with Crippen molar-refractivity contribution in [3.63, 3.8) is 0 Å². The van der Waals surface area contributed by atoms with Crippen molar-refractivity contribution >= 4 is 34.2 Å². The molecule has 0 radical (unpaired) electrons. The maximum absolute atomic E-state index is 14.7. The normalized spacial score (nSPS) is 11.1. The van der Waals surface area contributed by atoms with E-state index < -0.39 is 5.82 Å². The summed E-state index contributed by atoms with van der Waals surface area (Å²) in [7, 11) is 0. The van der Waals surface area contributed by atoms with E-state index in [0.29, 0.717) is 16.8 Å². The lowest BCUT2D eigenvalue weighted by Gasteiger charge is -2.24. The minimum atomic E-state index is -0.544. The monoisotopic (exact) mass is 460 g/mol. The van der Waals surface area contributed by atoms with E-state index >= 15 is 0 Å². The van der Waals surface area contributed by atoms with E-state index in [-0.39, 0.29) is 24.0 Å². The third-order valence-electron chi connectivity index (χ3n) is 5.35. The summed E-state index contributed by atoms with van der Waals surface area (Å²) < 4.78 is 16.2. The van der Waals surface area contributed by atoms with Crippen LogP contribution >= 0.6 is 11.6 Å². The summed E-state index contributed by atoms with van der Waals surface area (Å²) in [6.07, 6.45) is 3.32. The fraction of sp³-hybridized carbons (Fsp3) is 0.0833. The average molecular weight is 461 g/mol. The van der Waals surface area contributed by atoms with Gasteiger partial charge in [-0.1, -0.05) is 53.2 Å². The number of carbonyl (C=O) groups excluding carboxylic acids is 1. The number of nitrogens with one attached hydrogen (secondary N) is 1. The molecule has 0 aliphatic heterocycles. The van der Waals surface area contributed by atoms with Crippen LogP contribution in [0.4, 0.5) is 10.1 Å². The lowest BCUT2D eigenvalue weighted by molar-refractivity contribution is -0.119. The number of halogens is 2. The molecule has 3 aromatic carbocycles. The van der Waals surface area contributed by atoms with E-state index in [1.54, 1.807) is 24.7 Å². The number of aromatic nitrogens is 5. The number of hydrogen-bond donors (Lipinski definition) is 1. The molecule has 0 saturated heterocycles. The van der Waals surface area contributed by atoms with E-state index in [1.807, 2.05) is 48.5 Å². The predicted molar refractivity (Wildman–Crippen MR) is 124 cm³/mol. The van der Waals surface area contributed by atoms with Gasteiger partial charge in [-0.25, -0.2) is 14.1 Å². The van der Waals surface area contributed by atoms with E-state index in [9.17, 15) is 9.18 Å². The van der Waals surface area contributed by atoms with Crippen LogP contribution in [-0.2, 0) is 17.9 Å². The molecule has 5 aromatic rings. The Morgan fingerprint density at radius 2 is 1.88 bits per heavy atom. The Labute approximate surface area is 193 Å². The van der Waals surface area contributed by atoms with Crippen molar-refractivity contribution in [1.29, 1.82) is 0 Å². The van der Waals surface area contributed by atoms with Gasteiger partial charge in [0.25, 0.3) is 0 Å². The molecule has 5 rings (SSSR count). The van der Waals surface area contributed by atoms with Crippen molar-refractivity contribution in [1.82, 2.24) is 25.0 Å². The van der Waals surface area contributed by atoms with Gasteiger partial charge in [-0.2, -0.15) is 0 Å². The highest BCUT2D eigenvalue weighted by molar-refractivity contribution is 6.30. The van der Waals surface area contributed by atoms with Crippen LogP contribution in [0.5, 0.6) is 0 Å². The lowest BCUT2D eigenvalue weighted by atomic mass is 10.1. The summed E-state index contributed by atoms with van der Waals surface area (Å²) in [5.41, 5.74) is 4.15. The third-order valence-corrected chi connectivity index (χ3v) is 5.65. The first kappa shape index (κ1) is 20.8. The SMILES string of the molecule is O=C(Cn1nnc2ccccc21)N(Cc1cccc(Cl)c1F)c1ccc(-c2cnc[nH]2)cc1. The molecule has 0 aliphatic carbocycles. The largest absolute Gasteiger partial charge is 0.345 e. The predicted octanol–water partition coefficient (Wildman–Crippen LogP) is 4.85. The van der Waals surface area contributed by atoms with Crippen molar-refractivity contribution in [2.45, 2.75) is 13.1 Å². The number of hydrogen-bond acceptors (Lipinski definition) is 4. The Morgan fingerprint density at radius 3 is 2.67 bits per heavy atom. The van der Waals surface area contributed by atoms with E-state index in [0.717, 1.165) is 16.8 Å². The third kappa shape index (κ3) is 4.20. The van der Waals surface area contributed by atoms with Gasteiger partial charge < -0.3 is 9.88 Å². The average Bonchev–Trinajstić information content (AvgIpc) is 3.51. The number of para-hydroxylation sites is 1. The van der Waals surface area contributed by atoms with Crippen molar-refractivity contribution in [3.05, 3.63) is 95.7 Å². The summed E-state index contributed by atoms with van der Waals surface area (Å²) in [6.45, 7) is -0.0355. The Hall–Kier alpha value is -4.04. The topological polar surface area (TPSA) is 79.7 Å². The number of nitrogens with zero attached hydrogens (tertiary/aromatic N) is 5. The van der Waals surface area contributed by atoms with Gasteiger partial charge in [-0.3, -0.25) is 4.79 Å². The van der Waals surface area contributed by atoms with Crippen LogP contribution in [0.15, 0.2) is 79.3 Å². The van der Waals surface area contributed by atoms with Crippen molar-refractivity contribution in [3.8, 4) is 11.3 Å². The van der Waals surface area contributed by atoms with Gasteiger partial charge in [-0.05, 0) is 35.9 Å². The first-order valence-electron chi connectivity index (χ1n) is 10.2. The smallest absolute Gasteiger partial charge is 0.249 e. The second-order valence-electron chi connectivity index (χ2n) is 7.44. The van der Waals surface area contributed by atoms with Crippen LogP contribution in [0.3, 0.4) is 0 Å². The van der Waals surface area contributed by atoms with Gasteiger partial charge in [0.05, 0.1) is 35.3 Å². The fourth-order valence-corrected chi connectivity index (χ4v) is 3.84. The van der Waals surface area contributed by atoms with E-state index in [4.69, 9.17) is 11.6 Å². The minimum Gasteiger partial charge on any atom is -0.345 e. The molecular weight excluding hydrogens is 443 g/mol. The highest BCUT2D eigenvalue weighted by Gasteiger charge is 2.21. The van der Waals surface area contributed by atoms with Crippen LogP contribution in [-0.4, -0.2) is 30.9 Å². The molecule has 2 heterocycles. The number of rotatable bonds is 6. The summed E-state index contributed by atoms with van der Waals surface area (Å²) >= 11 is 5.97. The zero-order valence-electron chi connectivity index (χ0n) is 17.3. The highest BCUT2D eigenvalue weighted by Crippen LogP contribution is 2.26. The maximum Gasteiger partial charge on any atom is 0.249 e. The molecule has 0 saturated carbocycles. The number of amides is 1. The van der Waals surface area contributed by atoms with Crippen LogP contribution in [0, 0.1) is 5.82 Å². The number of carbonyl (C=O) groups is 1. The Balaban J connectivity index is 1.49. The number of benzene rings is 3. The van der Waals surface area contributed by atoms with Gasteiger partial charge in [0.15, 0.2) is 0 Å². The standard InChI is InChI=1S/C24H18ClFN6O/c25-19-5-3-4-17(24(19)26)13-31(18-10-8-16(9-11-18)21-12-27-15-28-21)23(33)14-32-22-7-2-1-6-20(22)29-30-32/h1-12,15H,13-14H2,(H,27,28). The molecule has 0 bridgehead atoms. The molecule has 9 heteroatoms. The van der Waals surface area contributed by atoms with Crippen LogP contribution in [0.2, 0.25) is 5.02 Å². The van der Waals surface area contributed by atoms with Crippen LogP contribution in [0.25, 0.3) is 22.3 Å². The number of fused-ring (bicyclic) bond motifs is 1. The van der Waals surface area contributed by atoms with Crippen molar-refractivity contribution in [2.75, 3.05) is 4.90 Å². The molecule has 1 N–H and O–H groups in total. The summed E-state index contributed by atoms with van der Waals surface area (Å²) in [4.78, 5) is 22.0. The van der Waals surface area contributed by atoms with Gasteiger partial charge in [-0.15, -0.1) is 5.10 Å². The number of anilines is 1. The Kier molecular flexibility index (Phi) is 5.58. The van der Waals surface area contributed by atoms with Gasteiger partial charge in [0.1, 0.15) is 17.9 Å². The van der Waals surface area contributed by atoms with Crippen LogP contribution in [0.1, 0.15) is 5.56 Å². The van der Waals surface area contributed by atoms with Gasteiger partial charge in [0, 0.05) is 11.3 Å². The van der Waals surface area contributed by atoms with Gasteiger partial charge >= 0.3 is 0 Å². The zero-order valence-corrected chi connectivity index (χ0v) is 18.1. The van der Waals surface area contributed by atoms with Crippen molar-refractivity contribution < 1.29 is 9.18 Å². The quantitative estimate of drug-likeness (QED) is 0.393. The Morgan fingerprint density at radius 1 is 1.06 bits per heavy atom. The van der Waals surface area contributed by atoms with E-state index in [1.165, 1.54) is 15.6 Å². The summed E-state index contributed by atoms with van der Waals surface area (Å²) in [5, 5.41) is 8.23. The molecule has 0 atom stereocenters. The fourth-order valence-electron chi connectivity index (χ4n) is 3.65. The van der Waals surface area contributed by atoms with Gasteiger partial charge in [0.2, 0.25) is 5.91 Å². The number of H-pyrrole nitrogens is 1. The molecule has 164 valence electrons. The van der Waals surface area contributed by atoms with Crippen molar-refractivity contribution in [2.24, 2.45) is 0 Å². The molecule has 0 aliphatic rings. The molecule has 2 aromatic heterocycles. The molecule has 0 fully saturated rings. The number of imidazole rings is 1. The molecule has 0 unspecified atom stereocenters. The second-order valence-corrected chi connectivity index (χ2v) is 7.85. The Bertz CT molecular complexity index is 1410. The second kappa shape index (κ2) is 8.84. The number of aromatic amines is 1. The molecular formula is C24H18ClFN6O. The molecule has 0 spiro atoms. The first-order valence-corrected chi connectivity index (χ1v) is 10.6. The minimum absolute atomic E-state index is 0.0109. The summed E-state index contributed by atoms with van der Waals surface area (Å²) in [5.74, 6) is -0.809. The molecule has 1 amide bonds. The maximum atomic E-state index is 14.7. The highest BCUT2D eigenvalue weighted by atomic mass is 35.5. The zero-order chi connectivity index (χ0) is 22.8.